The smallest absolute Gasteiger partial charge is 0.278 e. The molecule has 126 valence electrons. The molecule has 0 aliphatic carbocycles. The highest BCUT2D eigenvalue weighted by Crippen LogP contribution is 2.37. The van der Waals surface area contributed by atoms with Crippen LogP contribution in [0.25, 0.3) is 22.0 Å². The minimum absolute atomic E-state index is 0.0629. The maximum absolute atomic E-state index is 14.3. The van der Waals surface area contributed by atoms with Crippen molar-refractivity contribution in [3.63, 3.8) is 0 Å². The highest BCUT2D eigenvalue weighted by atomic mass is 32.2. The van der Waals surface area contributed by atoms with Crippen molar-refractivity contribution in [3.05, 3.63) is 47.9 Å². The summed E-state index contributed by atoms with van der Waals surface area (Å²) in [5.74, 6) is -1.01. The summed E-state index contributed by atoms with van der Waals surface area (Å²) in [6.45, 7) is 0. The number of aromatic nitrogens is 2. The lowest BCUT2D eigenvalue weighted by molar-refractivity contribution is -0.137. The summed E-state index contributed by atoms with van der Waals surface area (Å²) in [7, 11) is -4.13. The predicted octanol–water partition coefficient (Wildman–Crippen LogP) is 3.04. The minimum Gasteiger partial charge on any atom is -0.278 e. The molecule has 3 N–H and O–H groups in total. The van der Waals surface area contributed by atoms with Gasteiger partial charge in [-0.05, 0) is 29.8 Å². The number of nitrogens with zero attached hydrogens (tertiary/aromatic N) is 1. The predicted molar refractivity (Wildman–Crippen MR) is 77.9 cm³/mol. The molecular weight excluding hydrogens is 350 g/mol. The Labute approximate surface area is 133 Å². The van der Waals surface area contributed by atoms with Crippen LogP contribution in [0.2, 0.25) is 0 Å². The molecule has 0 spiro atoms. The first-order valence-corrected chi connectivity index (χ1v) is 7.99. The van der Waals surface area contributed by atoms with Gasteiger partial charge < -0.3 is 0 Å². The van der Waals surface area contributed by atoms with Crippen molar-refractivity contribution in [2.45, 2.75) is 11.1 Å². The third kappa shape index (κ3) is 2.85. The molecule has 0 aliphatic heterocycles. The summed E-state index contributed by atoms with van der Waals surface area (Å²) in [5.41, 5.74) is -1.16. The molecule has 0 saturated carbocycles. The first-order valence-electron chi connectivity index (χ1n) is 6.44. The maximum atomic E-state index is 14.3. The van der Waals surface area contributed by atoms with Gasteiger partial charge in [-0.25, -0.2) is 17.9 Å². The van der Waals surface area contributed by atoms with E-state index < -0.39 is 32.5 Å². The second-order valence-electron chi connectivity index (χ2n) is 5.04. The number of primary sulfonamides is 1. The van der Waals surface area contributed by atoms with Gasteiger partial charge in [-0.1, -0.05) is 6.07 Å². The SMILES string of the molecule is NS(=O)(=O)c1ccc(-c2cc(C(F)(F)F)cc3[nH]ncc23)c(F)c1. The van der Waals surface area contributed by atoms with Crippen LogP contribution in [0, 0.1) is 5.82 Å². The van der Waals surface area contributed by atoms with E-state index >= 15 is 0 Å². The van der Waals surface area contributed by atoms with Crippen molar-refractivity contribution in [2.24, 2.45) is 5.14 Å². The Morgan fingerprint density at radius 3 is 2.38 bits per heavy atom. The van der Waals surface area contributed by atoms with E-state index in [0.29, 0.717) is 6.07 Å². The lowest BCUT2D eigenvalue weighted by atomic mass is 9.98. The summed E-state index contributed by atoms with van der Waals surface area (Å²) < 4.78 is 75.8. The number of hydrogen-bond acceptors (Lipinski definition) is 3. The van der Waals surface area contributed by atoms with Crippen LogP contribution in [0.4, 0.5) is 17.6 Å². The number of H-pyrrole nitrogens is 1. The fourth-order valence-corrected chi connectivity index (χ4v) is 2.85. The first kappa shape index (κ1) is 16.4. The summed E-state index contributed by atoms with van der Waals surface area (Å²) in [4.78, 5) is -0.473. The quantitative estimate of drug-likeness (QED) is 0.689. The molecular formula is C14H9F4N3O2S. The van der Waals surface area contributed by atoms with Crippen molar-refractivity contribution in [3.8, 4) is 11.1 Å². The Morgan fingerprint density at radius 1 is 1.08 bits per heavy atom. The Bertz CT molecular complexity index is 1040. The third-order valence-electron chi connectivity index (χ3n) is 3.45. The van der Waals surface area contributed by atoms with Crippen LogP contribution in [0.1, 0.15) is 5.56 Å². The molecule has 0 saturated heterocycles. The van der Waals surface area contributed by atoms with Gasteiger partial charge in [0.15, 0.2) is 0 Å². The van der Waals surface area contributed by atoms with Crippen LogP contribution in [-0.4, -0.2) is 18.6 Å². The molecule has 1 heterocycles. The van der Waals surface area contributed by atoms with Crippen LogP contribution >= 0.6 is 0 Å². The van der Waals surface area contributed by atoms with E-state index in [4.69, 9.17) is 5.14 Å². The van der Waals surface area contributed by atoms with E-state index in [1.807, 2.05) is 0 Å². The van der Waals surface area contributed by atoms with E-state index in [-0.39, 0.29) is 22.0 Å². The van der Waals surface area contributed by atoms with E-state index in [2.05, 4.69) is 10.2 Å². The van der Waals surface area contributed by atoms with Gasteiger partial charge in [0.2, 0.25) is 10.0 Å². The van der Waals surface area contributed by atoms with Gasteiger partial charge in [0.25, 0.3) is 0 Å². The van der Waals surface area contributed by atoms with E-state index in [0.717, 1.165) is 24.3 Å². The van der Waals surface area contributed by atoms with Crippen molar-refractivity contribution in [1.82, 2.24) is 10.2 Å². The molecule has 0 amide bonds. The number of hydrogen-bond donors (Lipinski definition) is 2. The summed E-state index contributed by atoms with van der Waals surface area (Å²) in [5, 5.41) is 11.3. The third-order valence-corrected chi connectivity index (χ3v) is 4.36. The number of halogens is 4. The Balaban J connectivity index is 2.28. The highest BCUT2D eigenvalue weighted by Gasteiger charge is 2.32. The lowest BCUT2D eigenvalue weighted by Gasteiger charge is -2.11. The highest BCUT2D eigenvalue weighted by molar-refractivity contribution is 7.89. The number of rotatable bonds is 2. The van der Waals surface area contributed by atoms with Gasteiger partial charge in [0.05, 0.1) is 22.2 Å². The molecule has 0 aliphatic rings. The number of nitrogens with one attached hydrogen (secondary N) is 1. The lowest BCUT2D eigenvalue weighted by Crippen LogP contribution is -2.12. The average Bonchev–Trinajstić information content (AvgIpc) is 2.92. The first-order chi connectivity index (χ1) is 11.1. The second kappa shape index (κ2) is 5.28. The van der Waals surface area contributed by atoms with Gasteiger partial charge in [0, 0.05) is 10.9 Å². The Morgan fingerprint density at radius 2 is 1.79 bits per heavy atom. The van der Waals surface area contributed by atoms with Gasteiger partial charge in [-0.3, -0.25) is 5.10 Å². The molecule has 1 aromatic heterocycles. The molecule has 3 aromatic rings. The topological polar surface area (TPSA) is 88.8 Å². The Hall–Kier alpha value is -2.46. The average molecular weight is 359 g/mol. The molecule has 0 fully saturated rings. The van der Waals surface area contributed by atoms with Crippen LogP contribution in [0.15, 0.2) is 41.4 Å². The second-order valence-corrected chi connectivity index (χ2v) is 6.60. The van der Waals surface area contributed by atoms with Crippen molar-refractivity contribution in [2.75, 3.05) is 0 Å². The molecule has 0 radical (unpaired) electrons. The summed E-state index contributed by atoms with van der Waals surface area (Å²) >= 11 is 0. The van der Waals surface area contributed by atoms with Crippen LogP contribution < -0.4 is 5.14 Å². The normalized spacial score (nSPS) is 12.7. The number of benzene rings is 2. The monoisotopic (exact) mass is 359 g/mol. The molecule has 0 atom stereocenters. The van der Waals surface area contributed by atoms with Crippen LogP contribution in [-0.2, 0) is 16.2 Å². The fourth-order valence-electron chi connectivity index (χ4n) is 2.33. The zero-order chi connectivity index (χ0) is 17.7. The fraction of sp³-hybridized carbons (Fsp3) is 0.0714. The van der Waals surface area contributed by atoms with Crippen molar-refractivity contribution >= 4 is 20.9 Å². The van der Waals surface area contributed by atoms with Gasteiger partial charge in [0.1, 0.15) is 5.82 Å². The van der Waals surface area contributed by atoms with E-state index in [1.54, 1.807) is 0 Å². The summed E-state index contributed by atoms with van der Waals surface area (Å²) in [6.07, 6.45) is -3.37. The summed E-state index contributed by atoms with van der Waals surface area (Å²) in [6, 6.07) is 4.41. The van der Waals surface area contributed by atoms with Crippen LogP contribution in [0.3, 0.4) is 0 Å². The standard InChI is InChI=1S/C14H9F4N3O2S/c15-12-5-8(24(19,22)23)1-2-9(12)10-3-7(14(16,17)18)4-13-11(10)6-20-21-13/h1-6H,(H,20,21)(H2,19,22,23). The molecule has 5 nitrogen and oxygen atoms in total. The zero-order valence-corrected chi connectivity index (χ0v) is 12.5. The minimum atomic E-state index is -4.63. The Kier molecular flexibility index (Phi) is 3.61. The van der Waals surface area contributed by atoms with E-state index in [1.165, 1.54) is 6.20 Å². The largest absolute Gasteiger partial charge is 0.416 e. The van der Waals surface area contributed by atoms with Crippen molar-refractivity contribution < 1.29 is 26.0 Å². The zero-order valence-electron chi connectivity index (χ0n) is 11.7. The van der Waals surface area contributed by atoms with Crippen molar-refractivity contribution in [1.29, 1.82) is 0 Å². The number of fused-ring (bicyclic) bond motifs is 1. The molecule has 10 heteroatoms. The molecule has 0 bridgehead atoms. The molecule has 24 heavy (non-hydrogen) atoms. The number of alkyl halides is 3. The molecule has 2 aromatic carbocycles. The van der Waals surface area contributed by atoms with E-state index in [9.17, 15) is 26.0 Å². The molecule has 0 unspecified atom stereocenters. The van der Waals surface area contributed by atoms with Gasteiger partial charge in [-0.15, -0.1) is 0 Å². The number of aromatic amines is 1. The maximum Gasteiger partial charge on any atom is 0.416 e. The molecule has 3 rings (SSSR count). The number of nitrogens with two attached hydrogens (primary N) is 1. The van der Waals surface area contributed by atoms with Gasteiger partial charge in [-0.2, -0.15) is 18.3 Å². The number of sulfonamides is 1. The van der Waals surface area contributed by atoms with Crippen LogP contribution in [0.5, 0.6) is 0 Å². The van der Waals surface area contributed by atoms with Gasteiger partial charge >= 0.3 is 6.18 Å².